The maximum Gasteiger partial charge on any atom is 0.254 e. The SMILES string of the molecule is COc1ccc(N2C(=O)CN(C(=O)c3ccc(F)c(F)c3)CC2(C)C)cc1. The Hall–Kier alpha value is -2.96. The Morgan fingerprint density at radius 1 is 1.07 bits per heavy atom. The molecule has 27 heavy (non-hydrogen) atoms. The van der Waals surface area contributed by atoms with Crippen LogP contribution in [0.2, 0.25) is 0 Å². The van der Waals surface area contributed by atoms with Gasteiger partial charge in [0.15, 0.2) is 11.6 Å². The lowest BCUT2D eigenvalue weighted by molar-refractivity contribution is -0.122. The Kier molecular flexibility index (Phi) is 4.87. The molecule has 0 bridgehead atoms. The van der Waals surface area contributed by atoms with Crippen molar-refractivity contribution in [1.29, 1.82) is 0 Å². The quantitative estimate of drug-likeness (QED) is 0.829. The molecular weight excluding hydrogens is 354 g/mol. The lowest BCUT2D eigenvalue weighted by Crippen LogP contribution is -2.63. The van der Waals surface area contributed by atoms with Gasteiger partial charge in [0.2, 0.25) is 5.91 Å². The Morgan fingerprint density at radius 2 is 1.74 bits per heavy atom. The molecule has 1 aliphatic rings. The number of halogens is 2. The van der Waals surface area contributed by atoms with E-state index in [-0.39, 0.29) is 24.6 Å². The van der Waals surface area contributed by atoms with Crippen molar-refractivity contribution >= 4 is 17.5 Å². The summed E-state index contributed by atoms with van der Waals surface area (Å²) >= 11 is 0. The van der Waals surface area contributed by atoms with Crippen LogP contribution in [0.15, 0.2) is 42.5 Å². The molecule has 0 unspecified atom stereocenters. The molecule has 2 amide bonds. The minimum absolute atomic E-state index is 0.00963. The lowest BCUT2D eigenvalue weighted by atomic mass is 9.96. The summed E-state index contributed by atoms with van der Waals surface area (Å²) in [5, 5.41) is 0. The van der Waals surface area contributed by atoms with Gasteiger partial charge in [0.25, 0.3) is 5.91 Å². The minimum atomic E-state index is -1.09. The Balaban J connectivity index is 1.84. The van der Waals surface area contributed by atoms with Gasteiger partial charge in [0.05, 0.1) is 12.6 Å². The first-order valence-corrected chi connectivity index (χ1v) is 8.44. The molecule has 0 radical (unpaired) electrons. The monoisotopic (exact) mass is 374 g/mol. The van der Waals surface area contributed by atoms with Gasteiger partial charge in [-0.2, -0.15) is 0 Å². The van der Waals surface area contributed by atoms with Crippen molar-refractivity contribution in [1.82, 2.24) is 4.90 Å². The Bertz CT molecular complexity index is 881. The second kappa shape index (κ2) is 6.98. The van der Waals surface area contributed by atoms with Crippen LogP contribution in [0.5, 0.6) is 5.75 Å². The Labute approximate surface area is 156 Å². The zero-order valence-electron chi connectivity index (χ0n) is 15.3. The molecule has 3 rings (SSSR count). The van der Waals surface area contributed by atoms with E-state index < -0.39 is 23.1 Å². The van der Waals surface area contributed by atoms with Crippen molar-refractivity contribution in [2.75, 3.05) is 25.1 Å². The fourth-order valence-corrected chi connectivity index (χ4v) is 3.35. The lowest BCUT2D eigenvalue weighted by Gasteiger charge is -2.46. The summed E-state index contributed by atoms with van der Waals surface area (Å²) in [7, 11) is 1.56. The van der Waals surface area contributed by atoms with Crippen LogP contribution in [-0.2, 0) is 4.79 Å². The van der Waals surface area contributed by atoms with Crippen LogP contribution >= 0.6 is 0 Å². The predicted molar refractivity (Wildman–Crippen MR) is 96.8 cm³/mol. The van der Waals surface area contributed by atoms with Crippen molar-refractivity contribution in [2.24, 2.45) is 0 Å². The normalized spacial score (nSPS) is 16.4. The van der Waals surface area contributed by atoms with Gasteiger partial charge in [-0.1, -0.05) is 0 Å². The molecule has 0 atom stereocenters. The standard InChI is InChI=1S/C20H20F2N2O3/c1-20(2)12-23(19(26)13-4-9-16(21)17(22)10-13)11-18(25)24(20)14-5-7-15(27-3)8-6-14/h4-10H,11-12H2,1-3H3. The van der Waals surface area contributed by atoms with Crippen molar-refractivity contribution in [3.05, 3.63) is 59.7 Å². The van der Waals surface area contributed by atoms with E-state index in [9.17, 15) is 18.4 Å². The van der Waals surface area contributed by atoms with E-state index in [4.69, 9.17) is 4.74 Å². The van der Waals surface area contributed by atoms with Crippen molar-refractivity contribution in [3.8, 4) is 5.75 Å². The molecule has 2 aromatic rings. The van der Waals surface area contributed by atoms with E-state index in [1.807, 2.05) is 13.8 Å². The highest BCUT2D eigenvalue weighted by Crippen LogP contribution is 2.30. The smallest absolute Gasteiger partial charge is 0.254 e. The molecule has 0 N–H and O–H groups in total. The topological polar surface area (TPSA) is 49.9 Å². The second-order valence-electron chi connectivity index (χ2n) is 7.03. The summed E-state index contributed by atoms with van der Waals surface area (Å²) in [6, 6.07) is 10.1. The highest BCUT2D eigenvalue weighted by molar-refractivity contribution is 6.02. The average Bonchev–Trinajstić information content (AvgIpc) is 2.62. The van der Waals surface area contributed by atoms with Crippen LogP contribution in [-0.4, -0.2) is 42.5 Å². The van der Waals surface area contributed by atoms with E-state index in [2.05, 4.69) is 0 Å². The molecular formula is C20H20F2N2O3. The van der Waals surface area contributed by atoms with E-state index in [0.717, 1.165) is 12.1 Å². The molecule has 1 fully saturated rings. The number of amides is 2. The summed E-state index contributed by atoms with van der Waals surface area (Å²) in [6.07, 6.45) is 0. The van der Waals surface area contributed by atoms with Crippen LogP contribution in [0.3, 0.4) is 0 Å². The molecule has 5 nitrogen and oxygen atoms in total. The first kappa shape index (κ1) is 18.8. The number of benzene rings is 2. The second-order valence-corrected chi connectivity index (χ2v) is 7.03. The molecule has 1 aliphatic heterocycles. The average molecular weight is 374 g/mol. The molecule has 142 valence electrons. The van der Waals surface area contributed by atoms with Gasteiger partial charge in [-0.3, -0.25) is 9.59 Å². The minimum Gasteiger partial charge on any atom is -0.497 e. The molecule has 1 saturated heterocycles. The van der Waals surface area contributed by atoms with Gasteiger partial charge in [-0.15, -0.1) is 0 Å². The molecule has 0 aromatic heterocycles. The third kappa shape index (κ3) is 3.63. The number of methoxy groups -OCH3 is 1. The number of carbonyl (C=O) groups is 2. The van der Waals surface area contributed by atoms with Gasteiger partial charge < -0.3 is 14.5 Å². The molecule has 1 heterocycles. The maximum atomic E-state index is 13.4. The summed E-state index contributed by atoms with van der Waals surface area (Å²) < 4.78 is 31.7. The summed E-state index contributed by atoms with van der Waals surface area (Å²) in [5.41, 5.74) is 0.0270. The maximum absolute atomic E-state index is 13.4. The van der Waals surface area contributed by atoms with Gasteiger partial charge in [-0.25, -0.2) is 8.78 Å². The first-order valence-electron chi connectivity index (χ1n) is 8.44. The summed E-state index contributed by atoms with van der Waals surface area (Å²) in [4.78, 5) is 28.5. The van der Waals surface area contributed by atoms with Gasteiger partial charge in [-0.05, 0) is 56.3 Å². The highest BCUT2D eigenvalue weighted by atomic mass is 19.2. The molecule has 2 aromatic carbocycles. The number of carbonyl (C=O) groups excluding carboxylic acids is 2. The van der Waals surface area contributed by atoms with Crippen molar-refractivity contribution < 1.29 is 23.1 Å². The molecule has 7 heteroatoms. The van der Waals surface area contributed by atoms with E-state index in [1.165, 1.54) is 11.0 Å². The number of anilines is 1. The van der Waals surface area contributed by atoms with Gasteiger partial charge in [0, 0.05) is 17.8 Å². The number of ether oxygens (including phenoxy) is 1. The number of nitrogens with zero attached hydrogens (tertiary/aromatic N) is 2. The predicted octanol–water partition coefficient (Wildman–Crippen LogP) is 3.24. The van der Waals surface area contributed by atoms with Crippen LogP contribution in [0.25, 0.3) is 0 Å². The largest absolute Gasteiger partial charge is 0.497 e. The number of hydrogen-bond donors (Lipinski definition) is 0. The number of rotatable bonds is 3. The van der Waals surface area contributed by atoms with Crippen LogP contribution in [0.1, 0.15) is 24.2 Å². The molecule has 0 saturated carbocycles. The van der Waals surface area contributed by atoms with Crippen LogP contribution < -0.4 is 9.64 Å². The summed E-state index contributed by atoms with van der Waals surface area (Å²) in [6.45, 7) is 3.80. The van der Waals surface area contributed by atoms with E-state index >= 15 is 0 Å². The third-order valence-corrected chi connectivity index (χ3v) is 4.54. The van der Waals surface area contributed by atoms with Crippen LogP contribution in [0.4, 0.5) is 14.5 Å². The van der Waals surface area contributed by atoms with Crippen molar-refractivity contribution in [2.45, 2.75) is 19.4 Å². The first-order chi connectivity index (χ1) is 12.7. The number of piperazine rings is 1. The van der Waals surface area contributed by atoms with Crippen molar-refractivity contribution in [3.63, 3.8) is 0 Å². The fourth-order valence-electron chi connectivity index (χ4n) is 3.35. The third-order valence-electron chi connectivity index (χ3n) is 4.54. The zero-order valence-corrected chi connectivity index (χ0v) is 15.3. The van der Waals surface area contributed by atoms with Gasteiger partial charge >= 0.3 is 0 Å². The Morgan fingerprint density at radius 3 is 2.30 bits per heavy atom. The molecule has 0 spiro atoms. The number of hydrogen-bond acceptors (Lipinski definition) is 3. The molecule has 0 aliphatic carbocycles. The van der Waals surface area contributed by atoms with E-state index in [0.29, 0.717) is 11.4 Å². The van der Waals surface area contributed by atoms with E-state index in [1.54, 1.807) is 36.3 Å². The fraction of sp³-hybridized carbons (Fsp3) is 0.300. The highest BCUT2D eigenvalue weighted by Gasteiger charge is 2.41. The zero-order chi connectivity index (χ0) is 19.8. The summed E-state index contributed by atoms with van der Waals surface area (Å²) in [5.74, 6) is -2.20. The van der Waals surface area contributed by atoms with Crippen LogP contribution in [0, 0.1) is 11.6 Å². The van der Waals surface area contributed by atoms with Gasteiger partial charge in [0.1, 0.15) is 12.3 Å².